The Balaban J connectivity index is 1.15. The van der Waals surface area contributed by atoms with Crippen LogP contribution >= 0.6 is 0 Å². The smallest absolute Gasteiger partial charge is 0.0465 e. The first-order valence-corrected chi connectivity index (χ1v) is 19.9. The molecule has 0 N–H and O–H groups in total. The normalized spacial score (nSPS) is 17.7. The first kappa shape index (κ1) is 33.0. The number of rotatable bonds is 7. The zero-order valence-electron chi connectivity index (χ0n) is 31.0. The minimum atomic E-state index is -0.116. The molecule has 0 saturated heterocycles. The van der Waals surface area contributed by atoms with Crippen LogP contribution in [-0.2, 0) is 10.8 Å². The summed E-state index contributed by atoms with van der Waals surface area (Å²) in [5.74, 6) is 0.693. The largest absolute Gasteiger partial charge is 0.310 e. The lowest BCUT2D eigenvalue weighted by molar-refractivity contribution is 0.346. The first-order valence-electron chi connectivity index (χ1n) is 19.9. The Morgan fingerprint density at radius 3 is 1.77 bits per heavy atom. The minimum absolute atomic E-state index is 0.0876. The summed E-state index contributed by atoms with van der Waals surface area (Å²) in [5.41, 5.74) is 16.2. The van der Waals surface area contributed by atoms with Gasteiger partial charge in [-0.2, -0.15) is 0 Å². The second-order valence-electron chi connectivity index (χ2n) is 16.3. The Morgan fingerprint density at radius 1 is 0.481 bits per heavy atom. The molecule has 6 aromatic rings. The Morgan fingerprint density at radius 2 is 1.08 bits per heavy atom. The number of hydrogen-bond acceptors (Lipinski definition) is 1. The van der Waals surface area contributed by atoms with E-state index in [4.69, 9.17) is 0 Å². The molecule has 52 heavy (non-hydrogen) atoms. The molecule has 2 fully saturated rings. The summed E-state index contributed by atoms with van der Waals surface area (Å²) >= 11 is 0. The molecule has 0 radical (unpaired) electrons. The highest BCUT2D eigenvalue weighted by atomic mass is 15.1. The van der Waals surface area contributed by atoms with Crippen molar-refractivity contribution in [2.24, 2.45) is 0 Å². The fourth-order valence-corrected chi connectivity index (χ4v) is 10.1. The van der Waals surface area contributed by atoms with Crippen LogP contribution in [0, 0.1) is 0 Å². The molecule has 9 rings (SSSR count). The zero-order valence-corrected chi connectivity index (χ0v) is 31.0. The van der Waals surface area contributed by atoms with Gasteiger partial charge in [0.15, 0.2) is 0 Å². The molecule has 0 aliphatic heterocycles. The highest BCUT2D eigenvalue weighted by Crippen LogP contribution is 2.54. The lowest BCUT2D eigenvalue weighted by Crippen LogP contribution is -2.30. The van der Waals surface area contributed by atoms with Gasteiger partial charge >= 0.3 is 0 Å². The Kier molecular flexibility index (Phi) is 8.62. The third-order valence-corrected chi connectivity index (χ3v) is 13.0. The van der Waals surface area contributed by atoms with Crippen molar-refractivity contribution in [1.29, 1.82) is 0 Å². The Labute approximate surface area is 311 Å². The van der Waals surface area contributed by atoms with Crippen LogP contribution in [0.2, 0.25) is 0 Å². The molecule has 0 amide bonds. The second kappa shape index (κ2) is 13.6. The van der Waals surface area contributed by atoms with Crippen molar-refractivity contribution in [3.63, 3.8) is 0 Å². The SMILES string of the molecule is CC1(C)c2cc(N(c3ccc(C4CCCCC4)cc3)c3ccc(C4(c5ccccc5)CCCCC4)cc3)ccc2-c2c(-c3ccccc3)cccc21. The number of hydrogen-bond donors (Lipinski definition) is 0. The van der Waals surface area contributed by atoms with E-state index in [2.05, 4.69) is 164 Å². The molecule has 0 unspecified atom stereocenters. The molecule has 3 aliphatic rings. The topological polar surface area (TPSA) is 3.24 Å². The predicted octanol–water partition coefficient (Wildman–Crippen LogP) is 14.4. The summed E-state index contributed by atoms with van der Waals surface area (Å²) in [6.07, 6.45) is 13.1. The van der Waals surface area contributed by atoms with E-state index < -0.39 is 0 Å². The Hall–Kier alpha value is -4.88. The van der Waals surface area contributed by atoms with Crippen LogP contribution in [0.15, 0.2) is 146 Å². The van der Waals surface area contributed by atoms with Gasteiger partial charge < -0.3 is 4.90 Å². The maximum absolute atomic E-state index is 2.50. The van der Waals surface area contributed by atoms with Crippen LogP contribution in [0.3, 0.4) is 0 Å². The summed E-state index contributed by atoms with van der Waals surface area (Å²) < 4.78 is 0. The number of nitrogens with zero attached hydrogens (tertiary/aromatic N) is 1. The molecule has 0 atom stereocenters. The molecule has 0 spiro atoms. The van der Waals surface area contributed by atoms with Crippen LogP contribution in [-0.4, -0.2) is 0 Å². The van der Waals surface area contributed by atoms with Crippen LogP contribution in [0.4, 0.5) is 17.1 Å². The Bertz CT molecular complexity index is 2150. The summed E-state index contributed by atoms with van der Waals surface area (Å²) in [7, 11) is 0. The van der Waals surface area contributed by atoms with Crippen molar-refractivity contribution < 1.29 is 0 Å². The van der Waals surface area contributed by atoms with Gasteiger partial charge in [0.25, 0.3) is 0 Å². The summed E-state index contributed by atoms with van der Waals surface area (Å²) in [6.45, 7) is 4.81. The molecule has 3 aliphatic carbocycles. The van der Waals surface area contributed by atoms with Gasteiger partial charge in [0.2, 0.25) is 0 Å². The molecule has 1 heteroatoms. The van der Waals surface area contributed by atoms with E-state index in [1.165, 1.54) is 131 Å². The number of benzene rings is 6. The van der Waals surface area contributed by atoms with E-state index in [0.29, 0.717) is 5.92 Å². The summed E-state index contributed by atoms with van der Waals surface area (Å²) in [5, 5.41) is 0. The lowest BCUT2D eigenvalue weighted by atomic mass is 9.65. The van der Waals surface area contributed by atoms with Crippen molar-refractivity contribution >= 4 is 17.1 Å². The van der Waals surface area contributed by atoms with Crippen molar-refractivity contribution in [3.8, 4) is 22.3 Å². The molecule has 0 aromatic heterocycles. The molecule has 6 aromatic carbocycles. The standard InChI is InChI=1S/C51H51N/c1-50(2)47-23-15-22-45(39-18-9-4-10-19-39)49(47)46-33-32-44(36-48(46)50)52(42-28-24-38(25-29-42)37-16-7-3-8-17-37)43-30-26-41(27-31-43)51(34-13-6-14-35-51)40-20-11-5-12-21-40/h4-5,9-12,15,18-33,36-37H,3,6-8,13-14,16-17,34-35H2,1-2H3. The quantitative estimate of drug-likeness (QED) is 0.163. The van der Waals surface area contributed by atoms with Gasteiger partial charge in [-0.25, -0.2) is 0 Å². The molecule has 0 heterocycles. The van der Waals surface area contributed by atoms with Gasteiger partial charge in [0.05, 0.1) is 0 Å². The number of fused-ring (bicyclic) bond motifs is 3. The van der Waals surface area contributed by atoms with Gasteiger partial charge in [-0.1, -0.05) is 162 Å². The fourth-order valence-electron chi connectivity index (χ4n) is 10.1. The highest BCUT2D eigenvalue weighted by molar-refractivity contribution is 5.94. The van der Waals surface area contributed by atoms with E-state index >= 15 is 0 Å². The highest BCUT2D eigenvalue weighted by Gasteiger charge is 2.38. The number of anilines is 3. The predicted molar refractivity (Wildman–Crippen MR) is 220 cm³/mol. The summed E-state index contributed by atoms with van der Waals surface area (Å²) in [6, 6.07) is 55.6. The maximum atomic E-state index is 2.50. The zero-order chi connectivity index (χ0) is 35.1. The van der Waals surface area contributed by atoms with Crippen LogP contribution < -0.4 is 4.90 Å². The van der Waals surface area contributed by atoms with Gasteiger partial charge in [0, 0.05) is 27.9 Å². The van der Waals surface area contributed by atoms with Crippen LogP contribution in [0.5, 0.6) is 0 Å². The molecule has 0 bridgehead atoms. The second-order valence-corrected chi connectivity index (χ2v) is 16.3. The molecule has 260 valence electrons. The van der Waals surface area contributed by atoms with Crippen LogP contribution in [0.25, 0.3) is 22.3 Å². The molecule has 1 nitrogen and oxygen atoms in total. The lowest BCUT2D eigenvalue weighted by Gasteiger charge is -2.39. The van der Waals surface area contributed by atoms with Gasteiger partial charge in [0.1, 0.15) is 0 Å². The summed E-state index contributed by atoms with van der Waals surface area (Å²) in [4.78, 5) is 2.50. The van der Waals surface area contributed by atoms with E-state index in [0.717, 1.165) is 0 Å². The monoisotopic (exact) mass is 677 g/mol. The minimum Gasteiger partial charge on any atom is -0.310 e. The van der Waals surface area contributed by atoms with Gasteiger partial charge in [-0.15, -0.1) is 0 Å². The van der Waals surface area contributed by atoms with Crippen LogP contribution in [0.1, 0.15) is 112 Å². The molecular weight excluding hydrogens is 627 g/mol. The van der Waals surface area contributed by atoms with Gasteiger partial charge in [-0.05, 0) is 118 Å². The van der Waals surface area contributed by atoms with Gasteiger partial charge in [-0.3, -0.25) is 0 Å². The van der Waals surface area contributed by atoms with E-state index in [9.17, 15) is 0 Å². The van der Waals surface area contributed by atoms with E-state index in [1.807, 2.05) is 0 Å². The maximum Gasteiger partial charge on any atom is 0.0465 e. The molecule has 2 saturated carbocycles. The fraction of sp³-hybridized carbons (Fsp3) is 0.294. The van der Waals surface area contributed by atoms with E-state index in [1.54, 1.807) is 0 Å². The van der Waals surface area contributed by atoms with Crippen molar-refractivity contribution in [3.05, 3.63) is 173 Å². The van der Waals surface area contributed by atoms with Crippen molar-refractivity contribution in [1.82, 2.24) is 0 Å². The molecular formula is C51H51N. The van der Waals surface area contributed by atoms with Crippen molar-refractivity contribution in [2.75, 3.05) is 4.90 Å². The third-order valence-electron chi connectivity index (χ3n) is 13.0. The van der Waals surface area contributed by atoms with Crippen molar-refractivity contribution in [2.45, 2.75) is 94.8 Å². The average molecular weight is 678 g/mol. The first-order chi connectivity index (χ1) is 25.5. The average Bonchev–Trinajstić information content (AvgIpc) is 3.45. The third kappa shape index (κ3) is 5.70. The van der Waals surface area contributed by atoms with E-state index in [-0.39, 0.29) is 10.8 Å².